The van der Waals surface area contributed by atoms with E-state index in [2.05, 4.69) is 32.6 Å². The number of morpholine rings is 1. The summed E-state index contributed by atoms with van der Waals surface area (Å²) in [7, 11) is 0. The lowest BCUT2D eigenvalue weighted by atomic mass is 10.3. The number of rotatable bonds is 9. The molecule has 0 radical (unpaired) electrons. The molecule has 2 aromatic carbocycles. The summed E-state index contributed by atoms with van der Waals surface area (Å²) >= 11 is 7.56. The minimum Gasteiger partial charge on any atom is -0.457 e. The highest BCUT2D eigenvalue weighted by Crippen LogP contribution is 2.23. The molecule has 0 saturated carbocycles. The zero-order chi connectivity index (χ0) is 22.0. The second kappa shape index (κ2) is 12.0. The number of nitrogens with one attached hydrogen (secondary N) is 1. The van der Waals surface area contributed by atoms with Crippen molar-refractivity contribution in [2.45, 2.75) is 13.0 Å². The van der Waals surface area contributed by atoms with Gasteiger partial charge >= 0.3 is 0 Å². The highest BCUT2D eigenvalue weighted by molar-refractivity contribution is 7.80. The number of hydrogen-bond donors (Lipinski definition) is 1. The average Bonchev–Trinajstić information content (AvgIpc) is 3.34. The molecule has 1 aliphatic heterocycles. The van der Waals surface area contributed by atoms with Gasteiger partial charge in [-0.25, -0.2) is 0 Å². The van der Waals surface area contributed by atoms with Gasteiger partial charge in [0.05, 0.1) is 19.8 Å². The van der Waals surface area contributed by atoms with Gasteiger partial charge in [0.1, 0.15) is 11.5 Å². The third kappa shape index (κ3) is 7.03. The predicted molar refractivity (Wildman–Crippen MR) is 136 cm³/mol. The van der Waals surface area contributed by atoms with Crippen molar-refractivity contribution in [3.05, 3.63) is 77.0 Å². The van der Waals surface area contributed by atoms with Crippen LogP contribution in [0, 0.1) is 0 Å². The van der Waals surface area contributed by atoms with Crippen LogP contribution in [0.1, 0.15) is 11.3 Å². The van der Waals surface area contributed by atoms with E-state index in [1.54, 1.807) is 11.3 Å². The van der Waals surface area contributed by atoms with E-state index in [0.717, 1.165) is 74.7 Å². The van der Waals surface area contributed by atoms with Crippen LogP contribution in [-0.4, -0.2) is 54.3 Å². The van der Waals surface area contributed by atoms with Gasteiger partial charge in [0.2, 0.25) is 0 Å². The van der Waals surface area contributed by atoms with Crippen molar-refractivity contribution in [1.82, 2.24) is 9.80 Å². The summed E-state index contributed by atoms with van der Waals surface area (Å²) in [6.07, 6.45) is 1.07. The lowest BCUT2D eigenvalue weighted by molar-refractivity contribution is 0.0368. The Morgan fingerprint density at radius 1 is 1.00 bits per heavy atom. The van der Waals surface area contributed by atoms with Gasteiger partial charge in [-0.05, 0) is 66.5 Å². The second-order valence-corrected chi connectivity index (χ2v) is 9.10. The van der Waals surface area contributed by atoms with E-state index in [4.69, 9.17) is 21.7 Å². The molecule has 1 saturated heterocycles. The Hall–Kier alpha value is -2.45. The van der Waals surface area contributed by atoms with Gasteiger partial charge in [-0.1, -0.05) is 24.3 Å². The van der Waals surface area contributed by atoms with Crippen LogP contribution in [0.2, 0.25) is 0 Å². The molecule has 4 rings (SSSR count). The summed E-state index contributed by atoms with van der Waals surface area (Å²) in [5.74, 6) is 1.62. The number of thiophene rings is 1. The number of anilines is 1. The van der Waals surface area contributed by atoms with E-state index in [-0.39, 0.29) is 0 Å². The predicted octanol–water partition coefficient (Wildman–Crippen LogP) is 5.46. The Morgan fingerprint density at radius 3 is 2.47 bits per heavy atom. The van der Waals surface area contributed by atoms with Crippen LogP contribution < -0.4 is 10.1 Å². The first-order chi connectivity index (χ1) is 15.8. The number of hydrogen-bond acceptors (Lipinski definition) is 5. The molecule has 3 aromatic rings. The Labute approximate surface area is 199 Å². The molecule has 32 heavy (non-hydrogen) atoms. The van der Waals surface area contributed by atoms with E-state index in [1.165, 1.54) is 4.88 Å². The Bertz CT molecular complexity index is 943. The number of ether oxygens (including phenoxy) is 2. The Morgan fingerprint density at radius 2 is 1.75 bits per heavy atom. The van der Waals surface area contributed by atoms with Crippen molar-refractivity contribution in [2.75, 3.05) is 44.7 Å². The van der Waals surface area contributed by atoms with Crippen molar-refractivity contribution >= 4 is 34.4 Å². The van der Waals surface area contributed by atoms with E-state index in [9.17, 15) is 0 Å². The van der Waals surface area contributed by atoms with Crippen molar-refractivity contribution in [3.8, 4) is 11.5 Å². The molecule has 7 heteroatoms. The molecule has 0 spiro atoms. The summed E-state index contributed by atoms with van der Waals surface area (Å²) in [5, 5.41) is 6.27. The minimum atomic E-state index is 0.747. The van der Waals surface area contributed by atoms with E-state index >= 15 is 0 Å². The van der Waals surface area contributed by atoms with Crippen LogP contribution in [0.5, 0.6) is 11.5 Å². The summed E-state index contributed by atoms with van der Waals surface area (Å²) in [6, 6.07) is 22.0. The molecule has 0 aliphatic carbocycles. The van der Waals surface area contributed by atoms with Gasteiger partial charge in [-0.15, -0.1) is 11.3 Å². The maximum absolute atomic E-state index is 5.88. The number of para-hydroxylation sites is 1. The molecular formula is C25H29N3O2S2. The molecule has 1 aromatic heterocycles. The highest BCUT2D eigenvalue weighted by Gasteiger charge is 2.14. The monoisotopic (exact) mass is 467 g/mol. The second-order valence-electron chi connectivity index (χ2n) is 7.68. The van der Waals surface area contributed by atoms with Crippen molar-refractivity contribution < 1.29 is 9.47 Å². The first-order valence-corrected chi connectivity index (χ1v) is 12.3. The largest absolute Gasteiger partial charge is 0.457 e. The average molecular weight is 468 g/mol. The molecule has 2 heterocycles. The van der Waals surface area contributed by atoms with E-state index in [1.807, 2.05) is 54.6 Å². The van der Waals surface area contributed by atoms with Crippen LogP contribution in [0.15, 0.2) is 72.1 Å². The molecular weight excluding hydrogens is 438 g/mol. The summed E-state index contributed by atoms with van der Waals surface area (Å²) in [4.78, 5) is 6.04. The number of benzene rings is 2. The minimum absolute atomic E-state index is 0.747. The van der Waals surface area contributed by atoms with Gasteiger partial charge in [0, 0.05) is 36.7 Å². The first-order valence-electron chi connectivity index (χ1n) is 11.0. The number of nitrogens with zero attached hydrogens (tertiary/aromatic N) is 2. The molecule has 5 nitrogen and oxygen atoms in total. The zero-order valence-corrected chi connectivity index (χ0v) is 19.7. The zero-order valence-electron chi connectivity index (χ0n) is 18.1. The molecule has 1 aliphatic rings. The molecule has 0 atom stereocenters. The van der Waals surface area contributed by atoms with Gasteiger partial charge in [0.15, 0.2) is 5.11 Å². The number of thiocarbonyl (C=S) groups is 1. The van der Waals surface area contributed by atoms with Crippen molar-refractivity contribution in [3.63, 3.8) is 0 Å². The molecule has 1 fully saturated rings. The van der Waals surface area contributed by atoms with Crippen LogP contribution in [0.3, 0.4) is 0 Å². The maximum Gasteiger partial charge on any atom is 0.173 e. The lowest BCUT2D eigenvalue weighted by Gasteiger charge is -2.29. The standard InChI is InChI=1S/C25H29N3O2S2/c31-25(26-21-9-11-23(12-10-21)30-22-6-2-1-3-7-22)28(20-24-8-4-19-32-24)14-5-13-27-15-17-29-18-16-27/h1-4,6-12,19H,5,13-18,20H2,(H,26,31). The summed E-state index contributed by atoms with van der Waals surface area (Å²) in [6.45, 7) is 6.51. The van der Waals surface area contributed by atoms with Crippen LogP contribution in [-0.2, 0) is 11.3 Å². The Balaban J connectivity index is 1.33. The molecule has 1 N–H and O–H groups in total. The third-order valence-electron chi connectivity index (χ3n) is 5.30. The van der Waals surface area contributed by atoms with Gasteiger partial charge < -0.3 is 19.7 Å². The normalized spacial score (nSPS) is 14.1. The topological polar surface area (TPSA) is 37.0 Å². The van der Waals surface area contributed by atoms with Crippen molar-refractivity contribution in [1.29, 1.82) is 0 Å². The lowest BCUT2D eigenvalue weighted by Crippen LogP contribution is -2.39. The van der Waals surface area contributed by atoms with Gasteiger partial charge in [-0.3, -0.25) is 4.90 Å². The van der Waals surface area contributed by atoms with Crippen LogP contribution in [0.4, 0.5) is 5.69 Å². The molecule has 0 unspecified atom stereocenters. The maximum atomic E-state index is 5.88. The molecule has 0 bridgehead atoms. The van der Waals surface area contributed by atoms with E-state index < -0.39 is 0 Å². The smallest absolute Gasteiger partial charge is 0.173 e. The summed E-state index contributed by atoms with van der Waals surface area (Å²) in [5.41, 5.74) is 0.958. The van der Waals surface area contributed by atoms with E-state index in [0.29, 0.717) is 0 Å². The first kappa shape index (κ1) is 22.7. The molecule has 168 valence electrons. The summed E-state index contributed by atoms with van der Waals surface area (Å²) < 4.78 is 11.3. The van der Waals surface area contributed by atoms with Crippen LogP contribution >= 0.6 is 23.6 Å². The van der Waals surface area contributed by atoms with Crippen molar-refractivity contribution in [2.24, 2.45) is 0 Å². The fraction of sp³-hybridized carbons (Fsp3) is 0.320. The highest BCUT2D eigenvalue weighted by atomic mass is 32.1. The SMILES string of the molecule is S=C(Nc1ccc(Oc2ccccc2)cc1)N(CCCN1CCOCC1)Cc1cccs1. The van der Waals surface area contributed by atoms with Gasteiger partial charge in [-0.2, -0.15) is 0 Å². The Kier molecular flexibility index (Phi) is 8.50. The van der Waals surface area contributed by atoms with Gasteiger partial charge in [0.25, 0.3) is 0 Å². The third-order valence-corrected chi connectivity index (χ3v) is 6.53. The van der Waals surface area contributed by atoms with Crippen LogP contribution in [0.25, 0.3) is 0 Å². The quantitative estimate of drug-likeness (QED) is 0.421. The fourth-order valence-electron chi connectivity index (χ4n) is 3.59. The molecule has 0 amide bonds. The fourth-order valence-corrected chi connectivity index (χ4v) is 4.58.